The van der Waals surface area contributed by atoms with Crippen LogP contribution in [0.3, 0.4) is 0 Å². The van der Waals surface area contributed by atoms with E-state index in [0.717, 1.165) is 31.4 Å². The number of halogens is 1. The fourth-order valence-corrected chi connectivity index (χ4v) is 1.83. The van der Waals surface area contributed by atoms with Gasteiger partial charge in [-0.05, 0) is 25.7 Å². The predicted octanol–water partition coefficient (Wildman–Crippen LogP) is 2.08. The van der Waals surface area contributed by atoms with Crippen molar-refractivity contribution in [3.05, 3.63) is 18.4 Å². The summed E-state index contributed by atoms with van der Waals surface area (Å²) < 4.78 is 5.26. The topological polar surface area (TPSA) is 52.0 Å². The fourth-order valence-electron chi connectivity index (χ4n) is 1.83. The minimum Gasteiger partial charge on any atom is -0.448 e. The first-order valence-corrected chi connectivity index (χ1v) is 4.50. The monoisotopic (exact) mass is 202 g/mol. The Morgan fingerprint density at radius 2 is 2.00 bits per heavy atom. The molecule has 1 fully saturated rings. The van der Waals surface area contributed by atoms with Crippen molar-refractivity contribution in [2.24, 2.45) is 5.73 Å². The summed E-state index contributed by atoms with van der Waals surface area (Å²) in [5, 5.41) is 0. The third-order valence-electron chi connectivity index (χ3n) is 2.63. The molecule has 0 spiro atoms. The van der Waals surface area contributed by atoms with Gasteiger partial charge in [-0.1, -0.05) is 0 Å². The van der Waals surface area contributed by atoms with Gasteiger partial charge in [-0.2, -0.15) is 0 Å². The molecule has 0 bridgehead atoms. The van der Waals surface area contributed by atoms with E-state index in [9.17, 15) is 0 Å². The number of hydrogen-bond donors (Lipinski definition) is 1. The lowest BCUT2D eigenvalue weighted by Crippen LogP contribution is -2.25. The summed E-state index contributed by atoms with van der Waals surface area (Å²) in [5.74, 6) is 1.59. The van der Waals surface area contributed by atoms with Crippen LogP contribution < -0.4 is 5.73 Å². The van der Waals surface area contributed by atoms with Crippen LogP contribution in [0.25, 0.3) is 0 Å². The number of oxazole rings is 1. The van der Waals surface area contributed by atoms with E-state index in [1.165, 1.54) is 6.39 Å². The maximum Gasteiger partial charge on any atom is 0.180 e. The van der Waals surface area contributed by atoms with Gasteiger partial charge in [-0.15, -0.1) is 12.4 Å². The Balaban J connectivity index is 0.000000845. The normalized spacial score (nSPS) is 28.1. The molecule has 2 rings (SSSR count). The molecule has 1 heterocycles. The molecular weight excluding hydrogens is 188 g/mol. The lowest BCUT2D eigenvalue weighted by Gasteiger charge is -2.23. The first-order chi connectivity index (χ1) is 5.86. The maximum absolute atomic E-state index is 5.80. The summed E-state index contributed by atoms with van der Waals surface area (Å²) in [6.45, 7) is 0. The van der Waals surface area contributed by atoms with E-state index in [-0.39, 0.29) is 12.4 Å². The summed E-state index contributed by atoms with van der Waals surface area (Å²) in [7, 11) is 0. The van der Waals surface area contributed by atoms with Gasteiger partial charge in [0.05, 0.1) is 6.20 Å². The molecule has 0 aliphatic heterocycles. The molecule has 0 atom stereocenters. The summed E-state index contributed by atoms with van der Waals surface area (Å²) in [6, 6.07) is 0.407. The molecule has 1 aromatic rings. The van der Waals surface area contributed by atoms with Crippen molar-refractivity contribution in [2.75, 3.05) is 0 Å². The minimum absolute atomic E-state index is 0. The van der Waals surface area contributed by atoms with Crippen LogP contribution in [0.15, 0.2) is 17.0 Å². The summed E-state index contributed by atoms with van der Waals surface area (Å²) in [6.07, 6.45) is 7.86. The third kappa shape index (κ3) is 2.45. The Morgan fingerprint density at radius 1 is 1.31 bits per heavy atom. The number of rotatable bonds is 1. The van der Waals surface area contributed by atoms with Crippen LogP contribution in [0.1, 0.15) is 37.4 Å². The first kappa shape index (κ1) is 10.5. The lowest BCUT2D eigenvalue weighted by atomic mass is 9.85. The van der Waals surface area contributed by atoms with Crippen molar-refractivity contribution in [1.29, 1.82) is 0 Å². The largest absolute Gasteiger partial charge is 0.448 e. The maximum atomic E-state index is 5.80. The average Bonchev–Trinajstić information content (AvgIpc) is 2.58. The number of nitrogens with two attached hydrogens (primary N) is 1. The zero-order chi connectivity index (χ0) is 8.39. The highest BCUT2D eigenvalue weighted by atomic mass is 35.5. The summed E-state index contributed by atoms with van der Waals surface area (Å²) in [5.41, 5.74) is 5.80. The van der Waals surface area contributed by atoms with Crippen LogP contribution in [0.5, 0.6) is 0 Å². The van der Waals surface area contributed by atoms with E-state index in [0.29, 0.717) is 12.0 Å². The van der Waals surface area contributed by atoms with Crippen LogP contribution in [-0.4, -0.2) is 11.0 Å². The molecule has 3 nitrogen and oxygen atoms in total. The van der Waals surface area contributed by atoms with Crippen molar-refractivity contribution < 1.29 is 4.42 Å². The standard InChI is InChI=1S/C9H14N2O.ClH/c10-8-3-1-7(2-4-8)9-5-11-6-12-9;/h5-8H,1-4,10H2;1H/t7-,8-;. The SMILES string of the molecule is Cl.N[C@H]1CC[C@H](c2cnco2)CC1. The fraction of sp³-hybridized carbons (Fsp3) is 0.667. The second-order valence-electron chi connectivity index (χ2n) is 3.52. The molecule has 0 aromatic carbocycles. The van der Waals surface area contributed by atoms with Crippen LogP contribution in [-0.2, 0) is 0 Å². The number of aromatic nitrogens is 1. The van der Waals surface area contributed by atoms with Crippen LogP contribution in [0.4, 0.5) is 0 Å². The Morgan fingerprint density at radius 3 is 2.54 bits per heavy atom. The summed E-state index contributed by atoms with van der Waals surface area (Å²) in [4.78, 5) is 3.92. The molecule has 13 heavy (non-hydrogen) atoms. The minimum atomic E-state index is 0. The van der Waals surface area contributed by atoms with Crippen molar-refractivity contribution in [1.82, 2.24) is 4.98 Å². The van der Waals surface area contributed by atoms with E-state index in [2.05, 4.69) is 4.98 Å². The van der Waals surface area contributed by atoms with Gasteiger partial charge in [0.25, 0.3) is 0 Å². The highest BCUT2D eigenvalue weighted by molar-refractivity contribution is 5.85. The van der Waals surface area contributed by atoms with Crippen LogP contribution in [0.2, 0.25) is 0 Å². The van der Waals surface area contributed by atoms with Crippen molar-refractivity contribution >= 4 is 12.4 Å². The van der Waals surface area contributed by atoms with Crippen molar-refractivity contribution in [3.8, 4) is 0 Å². The second-order valence-corrected chi connectivity index (χ2v) is 3.52. The molecule has 4 heteroatoms. The average molecular weight is 203 g/mol. The molecule has 1 saturated carbocycles. The molecule has 0 amide bonds. The molecule has 74 valence electrons. The van der Waals surface area contributed by atoms with E-state index in [1.807, 2.05) is 6.20 Å². The quantitative estimate of drug-likeness (QED) is 0.759. The van der Waals surface area contributed by atoms with Gasteiger partial charge < -0.3 is 10.2 Å². The van der Waals surface area contributed by atoms with E-state index in [1.54, 1.807) is 0 Å². The molecule has 1 aliphatic carbocycles. The zero-order valence-electron chi connectivity index (χ0n) is 7.48. The Bertz CT molecular complexity index is 230. The molecule has 1 aromatic heterocycles. The van der Waals surface area contributed by atoms with E-state index >= 15 is 0 Å². The molecular formula is C9H15ClN2O. The Kier molecular flexibility index (Phi) is 3.75. The second kappa shape index (κ2) is 4.63. The van der Waals surface area contributed by atoms with Crippen molar-refractivity contribution in [2.45, 2.75) is 37.6 Å². The number of hydrogen-bond acceptors (Lipinski definition) is 3. The highest BCUT2D eigenvalue weighted by Gasteiger charge is 2.21. The van der Waals surface area contributed by atoms with Gasteiger partial charge in [0.1, 0.15) is 5.76 Å². The third-order valence-corrected chi connectivity index (χ3v) is 2.63. The summed E-state index contributed by atoms with van der Waals surface area (Å²) >= 11 is 0. The lowest BCUT2D eigenvalue weighted by molar-refractivity contribution is 0.347. The van der Waals surface area contributed by atoms with Crippen LogP contribution >= 0.6 is 12.4 Å². The van der Waals surface area contributed by atoms with Gasteiger partial charge in [0.15, 0.2) is 6.39 Å². The Labute approximate surface area is 84.1 Å². The van der Waals surface area contributed by atoms with Gasteiger partial charge in [-0.3, -0.25) is 0 Å². The van der Waals surface area contributed by atoms with Crippen molar-refractivity contribution in [3.63, 3.8) is 0 Å². The van der Waals surface area contributed by atoms with Gasteiger partial charge >= 0.3 is 0 Å². The molecule has 0 radical (unpaired) electrons. The highest BCUT2D eigenvalue weighted by Crippen LogP contribution is 2.31. The zero-order valence-corrected chi connectivity index (χ0v) is 8.30. The molecule has 0 unspecified atom stereocenters. The smallest absolute Gasteiger partial charge is 0.180 e. The van der Waals surface area contributed by atoms with Gasteiger partial charge in [-0.25, -0.2) is 4.98 Å². The van der Waals surface area contributed by atoms with E-state index < -0.39 is 0 Å². The predicted molar refractivity (Wildman–Crippen MR) is 52.9 cm³/mol. The first-order valence-electron chi connectivity index (χ1n) is 4.50. The molecule has 0 saturated heterocycles. The Hall–Kier alpha value is -0.540. The van der Waals surface area contributed by atoms with Crippen LogP contribution in [0, 0.1) is 0 Å². The van der Waals surface area contributed by atoms with E-state index in [4.69, 9.17) is 10.2 Å². The van der Waals surface area contributed by atoms with Gasteiger partial charge in [0, 0.05) is 12.0 Å². The number of nitrogens with zero attached hydrogens (tertiary/aromatic N) is 1. The molecule has 1 aliphatic rings. The molecule has 2 N–H and O–H groups in total. The van der Waals surface area contributed by atoms with Gasteiger partial charge in [0.2, 0.25) is 0 Å².